The van der Waals surface area contributed by atoms with E-state index in [0.717, 1.165) is 6.07 Å². The van der Waals surface area contributed by atoms with Gasteiger partial charge in [-0.3, -0.25) is 10.4 Å². The Morgan fingerprint density at radius 3 is 2.42 bits per heavy atom. The van der Waals surface area contributed by atoms with E-state index >= 15 is 0 Å². The van der Waals surface area contributed by atoms with Gasteiger partial charge in [0.15, 0.2) is 0 Å². The van der Waals surface area contributed by atoms with Crippen molar-refractivity contribution in [2.75, 3.05) is 0 Å². The molecular weight excluding hydrogens is 255 g/mol. The fourth-order valence-electron chi connectivity index (χ4n) is 1.73. The third-order valence-corrected chi connectivity index (χ3v) is 2.61. The van der Waals surface area contributed by atoms with Crippen molar-refractivity contribution in [1.82, 2.24) is 4.98 Å². The van der Waals surface area contributed by atoms with Crippen LogP contribution in [0, 0.1) is 5.41 Å². The Balaban J connectivity index is 2.60. The maximum absolute atomic E-state index is 12.9. The highest BCUT2D eigenvalue weighted by Gasteiger charge is 2.34. The molecule has 0 saturated heterocycles. The van der Waals surface area contributed by atoms with Crippen molar-refractivity contribution >= 4 is 5.84 Å². The average Bonchev–Trinajstić information content (AvgIpc) is 2.38. The average molecular weight is 265 g/mol. The number of rotatable bonds is 2. The number of nitrogen functional groups attached to an aromatic ring is 1. The van der Waals surface area contributed by atoms with Gasteiger partial charge in [0.05, 0.1) is 5.56 Å². The quantitative estimate of drug-likeness (QED) is 0.647. The van der Waals surface area contributed by atoms with Crippen LogP contribution in [-0.4, -0.2) is 10.8 Å². The third-order valence-electron chi connectivity index (χ3n) is 2.61. The van der Waals surface area contributed by atoms with E-state index in [1.54, 1.807) is 12.1 Å². The lowest BCUT2D eigenvalue weighted by Gasteiger charge is -2.13. The van der Waals surface area contributed by atoms with E-state index in [0.29, 0.717) is 11.1 Å². The summed E-state index contributed by atoms with van der Waals surface area (Å²) in [5, 5.41) is 7.20. The van der Waals surface area contributed by atoms with Crippen LogP contribution in [-0.2, 0) is 6.18 Å². The second-order valence-electron chi connectivity index (χ2n) is 3.91. The smallest absolute Gasteiger partial charge is 0.384 e. The number of pyridine rings is 1. The standard InChI is InChI=1S/C13H10F3N3/c14-13(15,16)11-6-8(3-4-10(11)12(17)18)9-2-1-5-19-7-9/h1-7H,(H3,17,18). The fourth-order valence-corrected chi connectivity index (χ4v) is 1.73. The topological polar surface area (TPSA) is 62.8 Å². The molecule has 2 rings (SSSR count). The number of aromatic nitrogens is 1. The van der Waals surface area contributed by atoms with Crippen LogP contribution < -0.4 is 5.73 Å². The molecule has 0 aliphatic rings. The maximum atomic E-state index is 12.9. The van der Waals surface area contributed by atoms with Gasteiger partial charge in [-0.1, -0.05) is 18.2 Å². The first-order valence-electron chi connectivity index (χ1n) is 5.35. The molecule has 0 bridgehead atoms. The van der Waals surface area contributed by atoms with Crippen molar-refractivity contribution in [2.24, 2.45) is 5.73 Å². The zero-order chi connectivity index (χ0) is 14.0. The molecule has 1 aromatic carbocycles. The van der Waals surface area contributed by atoms with E-state index in [1.165, 1.54) is 24.5 Å². The van der Waals surface area contributed by atoms with Crippen molar-refractivity contribution < 1.29 is 13.2 Å². The predicted octanol–water partition coefficient (Wildman–Crippen LogP) is 3.05. The number of alkyl halides is 3. The highest BCUT2D eigenvalue weighted by atomic mass is 19.4. The normalized spacial score (nSPS) is 11.3. The molecule has 0 aliphatic heterocycles. The Bertz CT molecular complexity index is 606. The first kappa shape index (κ1) is 13.1. The number of nitrogens with zero attached hydrogens (tertiary/aromatic N) is 1. The molecule has 0 unspecified atom stereocenters. The van der Waals surface area contributed by atoms with Gasteiger partial charge in [0.1, 0.15) is 5.84 Å². The van der Waals surface area contributed by atoms with Crippen LogP contribution in [0.2, 0.25) is 0 Å². The highest BCUT2D eigenvalue weighted by Crippen LogP contribution is 2.34. The molecule has 3 nitrogen and oxygen atoms in total. The van der Waals surface area contributed by atoms with Crippen molar-refractivity contribution in [1.29, 1.82) is 5.41 Å². The summed E-state index contributed by atoms with van der Waals surface area (Å²) in [5.41, 5.74) is 4.89. The molecule has 0 saturated carbocycles. The molecule has 3 N–H and O–H groups in total. The maximum Gasteiger partial charge on any atom is 0.417 e. The summed E-state index contributed by atoms with van der Waals surface area (Å²) in [5.74, 6) is -0.606. The second kappa shape index (κ2) is 4.72. The van der Waals surface area contributed by atoms with Gasteiger partial charge < -0.3 is 5.73 Å². The van der Waals surface area contributed by atoms with Crippen LogP contribution >= 0.6 is 0 Å². The zero-order valence-electron chi connectivity index (χ0n) is 9.70. The summed E-state index contributed by atoms with van der Waals surface area (Å²) >= 11 is 0. The minimum absolute atomic E-state index is 0.319. The lowest BCUT2D eigenvalue weighted by atomic mass is 9.99. The van der Waals surface area contributed by atoms with Crippen molar-refractivity contribution in [3.8, 4) is 11.1 Å². The lowest BCUT2D eigenvalue weighted by Crippen LogP contribution is -2.18. The van der Waals surface area contributed by atoms with Gasteiger partial charge in [-0.15, -0.1) is 0 Å². The summed E-state index contributed by atoms with van der Waals surface area (Å²) in [7, 11) is 0. The van der Waals surface area contributed by atoms with Gasteiger partial charge in [0.25, 0.3) is 0 Å². The number of benzene rings is 1. The first-order chi connectivity index (χ1) is 8.89. The summed E-state index contributed by atoms with van der Waals surface area (Å²) in [6.07, 6.45) is -1.54. The second-order valence-corrected chi connectivity index (χ2v) is 3.91. The van der Waals surface area contributed by atoms with E-state index < -0.39 is 17.6 Å². The molecule has 0 spiro atoms. The largest absolute Gasteiger partial charge is 0.417 e. The summed E-state index contributed by atoms with van der Waals surface area (Å²) in [4.78, 5) is 3.86. The number of nitrogens with one attached hydrogen (secondary N) is 1. The van der Waals surface area contributed by atoms with Gasteiger partial charge in [-0.05, 0) is 17.7 Å². The van der Waals surface area contributed by atoms with Gasteiger partial charge >= 0.3 is 6.18 Å². The molecule has 0 fully saturated rings. The van der Waals surface area contributed by atoms with Crippen LogP contribution in [0.15, 0.2) is 42.7 Å². The lowest BCUT2D eigenvalue weighted by molar-refractivity contribution is -0.137. The van der Waals surface area contributed by atoms with Crippen LogP contribution in [0.4, 0.5) is 13.2 Å². The molecule has 0 radical (unpaired) electrons. The Hall–Kier alpha value is -2.37. The first-order valence-corrected chi connectivity index (χ1v) is 5.35. The van der Waals surface area contributed by atoms with Gasteiger partial charge in [0.2, 0.25) is 0 Å². The van der Waals surface area contributed by atoms with E-state index in [4.69, 9.17) is 11.1 Å². The number of hydrogen-bond acceptors (Lipinski definition) is 2. The third kappa shape index (κ3) is 2.73. The number of amidine groups is 1. The number of halogens is 3. The fraction of sp³-hybridized carbons (Fsp3) is 0.0769. The van der Waals surface area contributed by atoms with Gasteiger partial charge in [-0.25, -0.2) is 0 Å². The molecular formula is C13H10F3N3. The highest BCUT2D eigenvalue weighted by molar-refractivity contribution is 5.97. The van der Waals surface area contributed by atoms with E-state index in [1.807, 2.05) is 0 Å². The molecule has 2 aromatic rings. The van der Waals surface area contributed by atoms with Crippen LogP contribution in [0.5, 0.6) is 0 Å². The minimum atomic E-state index is -4.56. The molecule has 19 heavy (non-hydrogen) atoms. The summed E-state index contributed by atoms with van der Waals surface area (Å²) in [6, 6.07) is 6.97. The van der Waals surface area contributed by atoms with Crippen molar-refractivity contribution in [3.63, 3.8) is 0 Å². The molecule has 0 aliphatic carbocycles. The molecule has 1 aromatic heterocycles. The Labute approximate surface area is 107 Å². The van der Waals surface area contributed by atoms with Crippen molar-refractivity contribution in [3.05, 3.63) is 53.9 Å². The van der Waals surface area contributed by atoms with Crippen LogP contribution in [0.25, 0.3) is 11.1 Å². The van der Waals surface area contributed by atoms with Gasteiger partial charge in [-0.2, -0.15) is 13.2 Å². The monoisotopic (exact) mass is 265 g/mol. The van der Waals surface area contributed by atoms with E-state index in [9.17, 15) is 13.2 Å². The predicted molar refractivity (Wildman–Crippen MR) is 65.7 cm³/mol. The Morgan fingerprint density at radius 2 is 1.89 bits per heavy atom. The molecule has 0 amide bonds. The SMILES string of the molecule is N=C(N)c1ccc(-c2cccnc2)cc1C(F)(F)F. The van der Waals surface area contributed by atoms with Gasteiger partial charge in [0, 0.05) is 23.5 Å². The summed E-state index contributed by atoms with van der Waals surface area (Å²) < 4.78 is 38.8. The number of hydrogen-bond donors (Lipinski definition) is 2. The Kier molecular flexibility index (Phi) is 3.25. The van der Waals surface area contributed by atoms with Crippen molar-refractivity contribution in [2.45, 2.75) is 6.18 Å². The van der Waals surface area contributed by atoms with Crippen LogP contribution in [0.1, 0.15) is 11.1 Å². The van der Waals surface area contributed by atoms with Crippen LogP contribution in [0.3, 0.4) is 0 Å². The van der Waals surface area contributed by atoms with E-state index in [-0.39, 0.29) is 5.56 Å². The number of nitrogens with two attached hydrogens (primary N) is 1. The minimum Gasteiger partial charge on any atom is -0.384 e. The van der Waals surface area contributed by atoms with E-state index in [2.05, 4.69) is 4.98 Å². The zero-order valence-corrected chi connectivity index (χ0v) is 9.70. The molecule has 6 heteroatoms. The molecule has 0 atom stereocenters. The molecule has 1 heterocycles. The summed E-state index contributed by atoms with van der Waals surface area (Å²) in [6.45, 7) is 0. The Morgan fingerprint density at radius 1 is 1.16 bits per heavy atom. The molecule has 98 valence electrons.